The summed E-state index contributed by atoms with van der Waals surface area (Å²) in [4.78, 5) is 21.8. The summed E-state index contributed by atoms with van der Waals surface area (Å²) in [5.74, 6) is 0.292. The summed E-state index contributed by atoms with van der Waals surface area (Å²) in [6.45, 7) is 4.27. The monoisotopic (exact) mass is 201 g/mol. The molecule has 0 saturated carbocycles. The standard InChI is InChI=1S/C5H9NO.C4H6O3/c1-6-4-2-3-5(6)7;1-2-3-7-4(5)6/h2-4H2,1H3;2H,1,3H2,(H,5,6). The number of rotatable bonds is 2. The second-order valence-corrected chi connectivity index (χ2v) is 2.78. The molecule has 0 spiro atoms. The molecule has 5 heteroatoms. The molecular weight excluding hydrogens is 186 g/mol. The molecule has 0 unspecified atom stereocenters. The third kappa shape index (κ3) is 6.05. The number of ether oxygens (including phenoxy) is 1. The lowest BCUT2D eigenvalue weighted by molar-refractivity contribution is -0.126. The van der Waals surface area contributed by atoms with Gasteiger partial charge in [-0.2, -0.15) is 0 Å². The van der Waals surface area contributed by atoms with Gasteiger partial charge in [0.2, 0.25) is 5.91 Å². The van der Waals surface area contributed by atoms with Crippen LogP contribution in [0.1, 0.15) is 12.8 Å². The number of nitrogens with zero attached hydrogens (tertiary/aromatic N) is 1. The summed E-state index contributed by atoms with van der Waals surface area (Å²) in [5.41, 5.74) is 0. The molecule has 14 heavy (non-hydrogen) atoms. The van der Waals surface area contributed by atoms with Gasteiger partial charge in [0.25, 0.3) is 0 Å². The molecule has 1 aliphatic heterocycles. The molecule has 1 aliphatic rings. The molecular formula is C9H15NO4. The first-order chi connectivity index (χ1) is 6.57. The van der Waals surface area contributed by atoms with Gasteiger partial charge in [-0.1, -0.05) is 12.7 Å². The van der Waals surface area contributed by atoms with Crippen molar-refractivity contribution in [2.45, 2.75) is 12.8 Å². The molecule has 1 heterocycles. The van der Waals surface area contributed by atoms with Gasteiger partial charge < -0.3 is 14.7 Å². The Morgan fingerprint density at radius 1 is 1.79 bits per heavy atom. The van der Waals surface area contributed by atoms with Crippen molar-refractivity contribution < 1.29 is 19.4 Å². The predicted molar refractivity (Wildman–Crippen MR) is 51.0 cm³/mol. The third-order valence-electron chi connectivity index (χ3n) is 1.63. The number of carbonyl (C=O) groups excluding carboxylic acids is 1. The van der Waals surface area contributed by atoms with Crippen molar-refractivity contribution in [1.29, 1.82) is 0 Å². The molecule has 0 radical (unpaired) electrons. The van der Waals surface area contributed by atoms with Crippen molar-refractivity contribution in [3.8, 4) is 0 Å². The van der Waals surface area contributed by atoms with E-state index in [1.54, 1.807) is 4.90 Å². The van der Waals surface area contributed by atoms with E-state index < -0.39 is 6.16 Å². The number of carbonyl (C=O) groups is 2. The number of amides is 1. The maximum absolute atomic E-state index is 10.5. The zero-order chi connectivity index (χ0) is 11.0. The topological polar surface area (TPSA) is 66.8 Å². The fourth-order valence-electron chi connectivity index (χ4n) is 0.913. The predicted octanol–water partition coefficient (Wildman–Crippen LogP) is 1.11. The Morgan fingerprint density at radius 3 is 2.57 bits per heavy atom. The Kier molecular flexibility index (Phi) is 6.19. The van der Waals surface area contributed by atoms with Crippen molar-refractivity contribution in [2.75, 3.05) is 20.2 Å². The molecule has 80 valence electrons. The molecule has 0 atom stereocenters. The van der Waals surface area contributed by atoms with E-state index in [2.05, 4.69) is 11.3 Å². The lowest BCUT2D eigenvalue weighted by Crippen LogP contribution is -2.17. The van der Waals surface area contributed by atoms with E-state index in [1.807, 2.05) is 7.05 Å². The Bertz CT molecular complexity index is 215. The normalized spacial score (nSPS) is 14.4. The average Bonchev–Trinajstić information content (AvgIpc) is 2.49. The quantitative estimate of drug-likeness (QED) is 0.536. The van der Waals surface area contributed by atoms with Crippen LogP contribution >= 0.6 is 0 Å². The van der Waals surface area contributed by atoms with Gasteiger partial charge in [0.15, 0.2) is 0 Å². The lowest BCUT2D eigenvalue weighted by atomic mass is 10.4. The highest BCUT2D eigenvalue weighted by Crippen LogP contribution is 2.04. The first-order valence-corrected chi connectivity index (χ1v) is 4.28. The fraction of sp³-hybridized carbons (Fsp3) is 0.556. The molecule has 1 amide bonds. The third-order valence-corrected chi connectivity index (χ3v) is 1.63. The average molecular weight is 201 g/mol. The van der Waals surface area contributed by atoms with Crippen LogP contribution in [0, 0.1) is 0 Å². The van der Waals surface area contributed by atoms with E-state index in [-0.39, 0.29) is 6.61 Å². The molecule has 0 aliphatic carbocycles. The number of hydrogen-bond donors (Lipinski definition) is 1. The minimum absolute atomic E-state index is 0.0648. The fourth-order valence-corrected chi connectivity index (χ4v) is 0.913. The number of hydrogen-bond acceptors (Lipinski definition) is 3. The molecule has 1 rings (SSSR count). The Labute approximate surface area is 83.0 Å². The minimum Gasteiger partial charge on any atom is -0.450 e. The summed E-state index contributed by atoms with van der Waals surface area (Å²) in [6.07, 6.45) is 1.92. The van der Waals surface area contributed by atoms with Crippen molar-refractivity contribution in [3.05, 3.63) is 12.7 Å². The second-order valence-electron chi connectivity index (χ2n) is 2.78. The highest BCUT2D eigenvalue weighted by Gasteiger charge is 2.14. The lowest BCUT2D eigenvalue weighted by Gasteiger charge is -2.03. The van der Waals surface area contributed by atoms with Gasteiger partial charge in [-0.05, 0) is 6.42 Å². The van der Waals surface area contributed by atoms with Gasteiger partial charge in [-0.15, -0.1) is 0 Å². The molecule has 1 fully saturated rings. The molecule has 0 aromatic carbocycles. The first kappa shape index (κ1) is 12.5. The molecule has 0 aromatic rings. The smallest absolute Gasteiger partial charge is 0.450 e. The van der Waals surface area contributed by atoms with Crippen LogP contribution in [0.5, 0.6) is 0 Å². The van der Waals surface area contributed by atoms with E-state index in [0.717, 1.165) is 19.4 Å². The number of carboxylic acid groups (broad SMARTS) is 1. The zero-order valence-electron chi connectivity index (χ0n) is 8.23. The second kappa shape index (κ2) is 6.94. The van der Waals surface area contributed by atoms with E-state index in [0.29, 0.717) is 5.91 Å². The molecule has 1 saturated heterocycles. The van der Waals surface area contributed by atoms with Crippen molar-refractivity contribution in [2.24, 2.45) is 0 Å². The summed E-state index contributed by atoms with van der Waals surface area (Å²) in [7, 11) is 1.84. The highest BCUT2D eigenvalue weighted by molar-refractivity contribution is 5.77. The Morgan fingerprint density at radius 2 is 2.43 bits per heavy atom. The van der Waals surface area contributed by atoms with Crippen LogP contribution in [0.3, 0.4) is 0 Å². The minimum atomic E-state index is -1.26. The summed E-state index contributed by atoms with van der Waals surface area (Å²) in [6, 6.07) is 0. The van der Waals surface area contributed by atoms with Gasteiger partial charge in [0.05, 0.1) is 0 Å². The van der Waals surface area contributed by atoms with Crippen LogP contribution < -0.4 is 0 Å². The van der Waals surface area contributed by atoms with Crippen molar-refractivity contribution >= 4 is 12.1 Å². The van der Waals surface area contributed by atoms with Gasteiger partial charge >= 0.3 is 6.16 Å². The van der Waals surface area contributed by atoms with Crippen LogP contribution in [0.4, 0.5) is 4.79 Å². The van der Waals surface area contributed by atoms with E-state index >= 15 is 0 Å². The van der Waals surface area contributed by atoms with Gasteiger partial charge in [0.1, 0.15) is 6.61 Å². The van der Waals surface area contributed by atoms with Crippen LogP contribution in [-0.2, 0) is 9.53 Å². The molecule has 0 bridgehead atoms. The van der Waals surface area contributed by atoms with Crippen LogP contribution in [-0.4, -0.2) is 42.3 Å². The van der Waals surface area contributed by atoms with Crippen LogP contribution in [0.2, 0.25) is 0 Å². The largest absolute Gasteiger partial charge is 0.506 e. The van der Waals surface area contributed by atoms with Crippen molar-refractivity contribution in [1.82, 2.24) is 4.90 Å². The number of likely N-dealkylation sites (tertiary alicyclic amines) is 1. The highest BCUT2D eigenvalue weighted by atomic mass is 16.7. The maximum atomic E-state index is 10.5. The Hall–Kier alpha value is -1.52. The van der Waals surface area contributed by atoms with Crippen molar-refractivity contribution in [3.63, 3.8) is 0 Å². The SMILES string of the molecule is C=CCOC(=O)O.CN1CCCC1=O. The Balaban J connectivity index is 0.000000241. The molecule has 1 N–H and O–H groups in total. The van der Waals surface area contributed by atoms with E-state index in [4.69, 9.17) is 5.11 Å². The summed E-state index contributed by atoms with van der Waals surface area (Å²) < 4.78 is 3.99. The van der Waals surface area contributed by atoms with Gasteiger partial charge in [0, 0.05) is 20.0 Å². The first-order valence-electron chi connectivity index (χ1n) is 4.28. The van der Waals surface area contributed by atoms with Crippen LogP contribution in [0.25, 0.3) is 0 Å². The van der Waals surface area contributed by atoms with E-state index in [1.165, 1.54) is 6.08 Å². The van der Waals surface area contributed by atoms with Crippen LogP contribution in [0.15, 0.2) is 12.7 Å². The van der Waals surface area contributed by atoms with E-state index in [9.17, 15) is 9.59 Å². The summed E-state index contributed by atoms with van der Waals surface area (Å²) in [5, 5.41) is 7.77. The molecule has 5 nitrogen and oxygen atoms in total. The van der Waals surface area contributed by atoms with Gasteiger partial charge in [-0.25, -0.2) is 4.79 Å². The zero-order valence-corrected chi connectivity index (χ0v) is 8.23. The van der Waals surface area contributed by atoms with Gasteiger partial charge in [-0.3, -0.25) is 4.79 Å². The molecule has 0 aromatic heterocycles. The summed E-state index contributed by atoms with van der Waals surface area (Å²) >= 11 is 0. The maximum Gasteiger partial charge on any atom is 0.506 e.